The summed E-state index contributed by atoms with van der Waals surface area (Å²) >= 11 is 0. The van der Waals surface area contributed by atoms with Gasteiger partial charge in [0.15, 0.2) is 0 Å². The molecule has 7 nitrogen and oxygen atoms in total. The van der Waals surface area contributed by atoms with Gasteiger partial charge in [0.2, 0.25) is 5.91 Å². The molecule has 0 unspecified atom stereocenters. The van der Waals surface area contributed by atoms with Gasteiger partial charge in [0, 0.05) is 43.1 Å². The molecular weight excluding hydrogens is 344 g/mol. The summed E-state index contributed by atoms with van der Waals surface area (Å²) in [6, 6.07) is 8.50. The molecule has 1 aliphatic heterocycles. The Hall–Kier alpha value is -3.35. The summed E-state index contributed by atoms with van der Waals surface area (Å²) in [5.41, 5.74) is 5.19. The Morgan fingerprint density at radius 3 is 2.22 bits per heavy atom. The fourth-order valence-corrected chi connectivity index (χ4v) is 3.23. The van der Waals surface area contributed by atoms with E-state index >= 15 is 0 Å². The smallest absolute Gasteiger partial charge is 0.323 e. The monoisotopic (exact) mass is 366 g/mol. The molecule has 2 aromatic carbocycles. The van der Waals surface area contributed by atoms with Gasteiger partial charge in [-0.05, 0) is 54.8 Å². The highest BCUT2D eigenvalue weighted by Gasteiger charge is 2.24. The van der Waals surface area contributed by atoms with Gasteiger partial charge < -0.3 is 20.9 Å². The molecule has 0 atom stereocenters. The SMILES string of the molecule is CC(=O)Nc1c(C)cc(NC(=O)Nc2ccc3c(c2)C(=O)N(C)C3)cc1C. The van der Waals surface area contributed by atoms with Crippen molar-refractivity contribution in [3.8, 4) is 0 Å². The summed E-state index contributed by atoms with van der Waals surface area (Å²) in [6.07, 6.45) is 0. The van der Waals surface area contributed by atoms with Crippen molar-refractivity contribution >= 4 is 34.9 Å². The molecule has 0 aliphatic carbocycles. The molecule has 3 N–H and O–H groups in total. The zero-order valence-corrected chi connectivity index (χ0v) is 15.8. The van der Waals surface area contributed by atoms with E-state index in [1.165, 1.54) is 6.92 Å². The van der Waals surface area contributed by atoms with Crippen molar-refractivity contribution in [1.29, 1.82) is 0 Å². The molecule has 1 heterocycles. The molecule has 1 aliphatic rings. The molecule has 4 amide bonds. The first-order valence-electron chi connectivity index (χ1n) is 8.60. The van der Waals surface area contributed by atoms with Gasteiger partial charge in [-0.2, -0.15) is 0 Å². The zero-order valence-electron chi connectivity index (χ0n) is 15.8. The molecule has 0 bridgehead atoms. The third-order valence-corrected chi connectivity index (χ3v) is 4.44. The van der Waals surface area contributed by atoms with Gasteiger partial charge >= 0.3 is 6.03 Å². The molecule has 0 aromatic heterocycles. The lowest BCUT2D eigenvalue weighted by atomic mass is 10.1. The van der Waals surface area contributed by atoms with E-state index in [4.69, 9.17) is 0 Å². The van der Waals surface area contributed by atoms with Crippen molar-refractivity contribution in [2.45, 2.75) is 27.3 Å². The number of nitrogens with one attached hydrogen (secondary N) is 3. The summed E-state index contributed by atoms with van der Waals surface area (Å²) in [7, 11) is 1.75. The Balaban J connectivity index is 1.72. The van der Waals surface area contributed by atoms with E-state index < -0.39 is 6.03 Å². The van der Waals surface area contributed by atoms with Crippen LogP contribution >= 0.6 is 0 Å². The number of hydrogen-bond donors (Lipinski definition) is 3. The number of amides is 4. The van der Waals surface area contributed by atoms with E-state index in [-0.39, 0.29) is 11.8 Å². The van der Waals surface area contributed by atoms with Gasteiger partial charge in [0.05, 0.1) is 0 Å². The Morgan fingerprint density at radius 1 is 0.963 bits per heavy atom. The van der Waals surface area contributed by atoms with Gasteiger partial charge in [-0.3, -0.25) is 9.59 Å². The molecule has 0 spiro atoms. The predicted octanol–water partition coefficient (Wildman–Crippen LogP) is 3.49. The van der Waals surface area contributed by atoms with E-state index in [1.54, 1.807) is 36.2 Å². The minimum atomic E-state index is -0.403. The van der Waals surface area contributed by atoms with Crippen LogP contribution in [0.15, 0.2) is 30.3 Å². The first-order valence-corrected chi connectivity index (χ1v) is 8.60. The molecule has 7 heteroatoms. The lowest BCUT2D eigenvalue weighted by Gasteiger charge is -2.14. The second kappa shape index (κ2) is 7.11. The minimum Gasteiger partial charge on any atom is -0.337 e. The topological polar surface area (TPSA) is 90.5 Å². The van der Waals surface area contributed by atoms with E-state index in [1.807, 2.05) is 19.9 Å². The Kier molecular flexibility index (Phi) is 4.85. The first kappa shape index (κ1) is 18.4. The fraction of sp³-hybridized carbons (Fsp3) is 0.250. The minimum absolute atomic E-state index is 0.0473. The van der Waals surface area contributed by atoms with Gasteiger partial charge in [-0.1, -0.05) is 6.07 Å². The van der Waals surface area contributed by atoms with E-state index in [2.05, 4.69) is 16.0 Å². The number of carbonyl (C=O) groups excluding carboxylic acids is 3. The van der Waals surface area contributed by atoms with E-state index in [9.17, 15) is 14.4 Å². The van der Waals surface area contributed by atoms with Crippen LogP contribution in [0.3, 0.4) is 0 Å². The number of hydrogen-bond acceptors (Lipinski definition) is 3. The van der Waals surface area contributed by atoms with Crippen molar-refractivity contribution in [1.82, 2.24) is 4.90 Å². The highest BCUT2D eigenvalue weighted by atomic mass is 16.2. The van der Waals surface area contributed by atoms with Crippen LogP contribution in [0, 0.1) is 13.8 Å². The predicted molar refractivity (Wildman–Crippen MR) is 105 cm³/mol. The fourth-order valence-electron chi connectivity index (χ4n) is 3.23. The van der Waals surface area contributed by atoms with Gasteiger partial charge in [0.25, 0.3) is 5.91 Å². The van der Waals surface area contributed by atoms with Crippen molar-refractivity contribution in [3.63, 3.8) is 0 Å². The molecule has 0 fully saturated rings. The van der Waals surface area contributed by atoms with Crippen LogP contribution in [-0.4, -0.2) is 29.8 Å². The number of fused-ring (bicyclic) bond motifs is 1. The number of rotatable bonds is 3. The lowest BCUT2D eigenvalue weighted by Crippen LogP contribution is -2.20. The Morgan fingerprint density at radius 2 is 1.59 bits per heavy atom. The number of anilines is 3. The zero-order chi connectivity index (χ0) is 19.7. The van der Waals surface area contributed by atoms with Crippen molar-refractivity contribution in [2.24, 2.45) is 0 Å². The highest BCUT2D eigenvalue weighted by molar-refractivity contribution is 6.03. The normalized spacial score (nSPS) is 12.6. The molecule has 140 valence electrons. The summed E-state index contributed by atoms with van der Waals surface area (Å²) in [5, 5.41) is 8.32. The molecule has 0 radical (unpaired) electrons. The van der Waals surface area contributed by atoms with E-state index in [0.29, 0.717) is 23.5 Å². The lowest BCUT2D eigenvalue weighted by molar-refractivity contribution is -0.114. The first-order chi connectivity index (χ1) is 12.7. The van der Waals surface area contributed by atoms with E-state index in [0.717, 1.165) is 22.4 Å². The molecule has 3 rings (SSSR count). The quantitative estimate of drug-likeness (QED) is 0.777. The van der Waals surface area contributed by atoms with Gasteiger partial charge in [0.1, 0.15) is 0 Å². The number of nitrogens with zero attached hydrogens (tertiary/aromatic N) is 1. The van der Waals surface area contributed by atoms with Crippen molar-refractivity contribution in [2.75, 3.05) is 23.0 Å². The summed E-state index contributed by atoms with van der Waals surface area (Å²) in [5.74, 6) is -0.190. The molecular formula is C20H22N4O3. The van der Waals surface area contributed by atoms with Gasteiger partial charge in [-0.15, -0.1) is 0 Å². The second-order valence-corrected chi connectivity index (χ2v) is 6.78. The van der Waals surface area contributed by atoms with Crippen LogP contribution in [-0.2, 0) is 11.3 Å². The van der Waals surface area contributed by atoms with Crippen LogP contribution in [0.25, 0.3) is 0 Å². The standard InChI is InChI=1S/C20H22N4O3/c1-11-7-16(8-12(2)18(11)21-13(3)25)23-20(27)22-15-6-5-14-10-24(4)19(26)17(14)9-15/h5-9H,10H2,1-4H3,(H,21,25)(H2,22,23,27). The largest absolute Gasteiger partial charge is 0.337 e. The van der Waals surface area contributed by atoms with Crippen LogP contribution in [0.4, 0.5) is 21.9 Å². The highest BCUT2D eigenvalue weighted by Crippen LogP contribution is 2.26. The average molecular weight is 366 g/mol. The average Bonchev–Trinajstić information content (AvgIpc) is 2.85. The third-order valence-electron chi connectivity index (χ3n) is 4.44. The van der Waals surface area contributed by atoms with Crippen LogP contribution < -0.4 is 16.0 Å². The Bertz CT molecular complexity index is 929. The molecule has 27 heavy (non-hydrogen) atoms. The van der Waals surface area contributed by atoms with Crippen molar-refractivity contribution < 1.29 is 14.4 Å². The van der Waals surface area contributed by atoms with Gasteiger partial charge in [-0.25, -0.2) is 4.79 Å². The van der Waals surface area contributed by atoms with Crippen LogP contribution in [0.2, 0.25) is 0 Å². The Labute approximate surface area is 157 Å². The molecule has 0 saturated carbocycles. The summed E-state index contributed by atoms with van der Waals surface area (Å²) in [4.78, 5) is 37.3. The van der Waals surface area contributed by atoms with Crippen LogP contribution in [0.5, 0.6) is 0 Å². The number of aryl methyl sites for hydroxylation is 2. The number of benzene rings is 2. The summed E-state index contributed by atoms with van der Waals surface area (Å²) < 4.78 is 0. The molecule has 2 aromatic rings. The maximum Gasteiger partial charge on any atom is 0.323 e. The number of carbonyl (C=O) groups is 3. The molecule has 0 saturated heterocycles. The maximum absolute atomic E-state index is 12.3. The summed E-state index contributed by atoms with van der Waals surface area (Å²) in [6.45, 7) is 5.77. The maximum atomic E-state index is 12.3. The third kappa shape index (κ3) is 3.92. The van der Waals surface area contributed by atoms with Crippen molar-refractivity contribution in [3.05, 3.63) is 52.6 Å². The number of urea groups is 1. The second-order valence-electron chi connectivity index (χ2n) is 6.78. The van der Waals surface area contributed by atoms with Crippen LogP contribution in [0.1, 0.15) is 34.0 Å².